The van der Waals surface area contributed by atoms with E-state index >= 15 is 0 Å². The van der Waals surface area contributed by atoms with E-state index in [1.54, 1.807) is 24.3 Å². The van der Waals surface area contributed by atoms with E-state index in [2.05, 4.69) is 22.8 Å². The van der Waals surface area contributed by atoms with Gasteiger partial charge in [0.25, 0.3) is 5.91 Å². The molecular weight excluding hydrogens is 316 g/mol. The van der Waals surface area contributed by atoms with Crippen LogP contribution in [0.15, 0.2) is 54.6 Å². The van der Waals surface area contributed by atoms with Gasteiger partial charge in [0.15, 0.2) is 6.61 Å². The number of ether oxygens (including phenoxy) is 1. The highest BCUT2D eigenvalue weighted by atomic mass is 16.5. The molecule has 2 amide bonds. The second-order valence-electron chi connectivity index (χ2n) is 5.99. The van der Waals surface area contributed by atoms with Crippen molar-refractivity contribution in [3.8, 4) is 5.75 Å². The van der Waals surface area contributed by atoms with Gasteiger partial charge in [-0.25, -0.2) is 0 Å². The molecule has 0 spiro atoms. The second kappa shape index (κ2) is 9.47. The Hall–Kier alpha value is -2.82. The molecule has 0 heterocycles. The van der Waals surface area contributed by atoms with Crippen LogP contribution in [0.4, 0.5) is 5.69 Å². The highest BCUT2D eigenvalue weighted by molar-refractivity contribution is 5.88. The first-order valence-corrected chi connectivity index (χ1v) is 8.36. The number of rotatable bonds is 8. The maximum absolute atomic E-state index is 12.0. The fraction of sp³-hybridized carbons (Fsp3) is 0.300. The van der Waals surface area contributed by atoms with Crippen molar-refractivity contribution in [1.29, 1.82) is 0 Å². The average molecular weight is 340 g/mol. The molecule has 132 valence electrons. The third-order valence-electron chi connectivity index (χ3n) is 3.66. The van der Waals surface area contributed by atoms with Crippen molar-refractivity contribution in [2.75, 3.05) is 11.9 Å². The first kappa shape index (κ1) is 18.5. The van der Waals surface area contributed by atoms with Crippen LogP contribution in [0, 0.1) is 0 Å². The Morgan fingerprint density at radius 3 is 2.36 bits per heavy atom. The molecule has 0 aliphatic rings. The summed E-state index contributed by atoms with van der Waals surface area (Å²) in [6.07, 6.45) is 1.80. The topological polar surface area (TPSA) is 67.4 Å². The van der Waals surface area contributed by atoms with Gasteiger partial charge in [0.2, 0.25) is 5.91 Å². The third-order valence-corrected chi connectivity index (χ3v) is 3.66. The van der Waals surface area contributed by atoms with E-state index in [0.29, 0.717) is 11.4 Å². The molecule has 2 rings (SSSR count). The first-order valence-electron chi connectivity index (χ1n) is 8.36. The van der Waals surface area contributed by atoms with Crippen molar-refractivity contribution in [2.24, 2.45) is 0 Å². The maximum Gasteiger partial charge on any atom is 0.258 e. The van der Waals surface area contributed by atoms with Gasteiger partial charge in [0, 0.05) is 18.7 Å². The van der Waals surface area contributed by atoms with Gasteiger partial charge in [-0.1, -0.05) is 30.3 Å². The van der Waals surface area contributed by atoms with Gasteiger partial charge in [-0.3, -0.25) is 9.59 Å². The van der Waals surface area contributed by atoms with Gasteiger partial charge in [-0.05, 0) is 49.6 Å². The van der Waals surface area contributed by atoms with Crippen LogP contribution in [0.1, 0.15) is 25.8 Å². The number of hydrogen-bond acceptors (Lipinski definition) is 3. The van der Waals surface area contributed by atoms with Gasteiger partial charge in [-0.2, -0.15) is 0 Å². The molecule has 0 aromatic heterocycles. The van der Waals surface area contributed by atoms with Crippen LogP contribution in [0.5, 0.6) is 5.75 Å². The first-order chi connectivity index (χ1) is 12.0. The van der Waals surface area contributed by atoms with Crippen LogP contribution in [0.3, 0.4) is 0 Å². The van der Waals surface area contributed by atoms with Crippen LogP contribution in [0.25, 0.3) is 0 Å². The highest BCUT2D eigenvalue weighted by Gasteiger charge is 2.08. The number of nitrogens with one attached hydrogen (secondary N) is 2. The Morgan fingerprint density at radius 2 is 1.72 bits per heavy atom. The van der Waals surface area contributed by atoms with Gasteiger partial charge >= 0.3 is 0 Å². The molecule has 0 fully saturated rings. The predicted molar refractivity (Wildman–Crippen MR) is 98.6 cm³/mol. The van der Waals surface area contributed by atoms with E-state index in [0.717, 1.165) is 12.8 Å². The highest BCUT2D eigenvalue weighted by Crippen LogP contribution is 2.15. The van der Waals surface area contributed by atoms with Crippen molar-refractivity contribution in [3.05, 3.63) is 60.2 Å². The van der Waals surface area contributed by atoms with Crippen LogP contribution >= 0.6 is 0 Å². The van der Waals surface area contributed by atoms with Crippen molar-refractivity contribution < 1.29 is 14.3 Å². The van der Waals surface area contributed by atoms with Gasteiger partial charge in [0.05, 0.1) is 0 Å². The summed E-state index contributed by atoms with van der Waals surface area (Å²) in [5, 5.41) is 5.61. The summed E-state index contributed by atoms with van der Waals surface area (Å²) in [5.41, 5.74) is 1.96. The predicted octanol–water partition coefficient (Wildman–Crippen LogP) is 3.16. The molecule has 0 bridgehead atoms. The molecule has 25 heavy (non-hydrogen) atoms. The summed E-state index contributed by atoms with van der Waals surface area (Å²) in [6, 6.07) is 17.2. The number of aryl methyl sites for hydroxylation is 1. The minimum atomic E-state index is -0.147. The summed E-state index contributed by atoms with van der Waals surface area (Å²) < 4.78 is 5.47. The molecule has 2 aromatic rings. The van der Waals surface area contributed by atoms with Crippen molar-refractivity contribution in [3.63, 3.8) is 0 Å². The number of benzene rings is 2. The van der Waals surface area contributed by atoms with Crippen LogP contribution in [-0.4, -0.2) is 24.5 Å². The van der Waals surface area contributed by atoms with Crippen molar-refractivity contribution in [1.82, 2.24) is 5.32 Å². The number of carbonyl (C=O) groups excluding carboxylic acids is 2. The summed E-state index contributed by atoms with van der Waals surface area (Å²) in [5.74, 6) is 0.310. The lowest BCUT2D eigenvalue weighted by atomic mass is 10.1. The average Bonchev–Trinajstić information content (AvgIpc) is 2.60. The third kappa shape index (κ3) is 7.08. The molecule has 0 unspecified atom stereocenters. The lowest BCUT2D eigenvalue weighted by molar-refractivity contribution is -0.123. The molecule has 2 aromatic carbocycles. The summed E-state index contributed by atoms with van der Waals surface area (Å²) in [7, 11) is 0. The van der Waals surface area contributed by atoms with Gasteiger partial charge < -0.3 is 15.4 Å². The molecule has 5 nitrogen and oxygen atoms in total. The SMILES string of the molecule is CC(=O)Nc1ccc(OCC(=O)N[C@H](C)CCc2ccccc2)cc1. The molecule has 5 heteroatoms. The standard InChI is InChI=1S/C20H24N2O3/c1-15(8-9-17-6-4-3-5-7-17)21-20(24)14-25-19-12-10-18(11-13-19)22-16(2)23/h3-7,10-13,15H,8-9,14H2,1-2H3,(H,21,24)(H,22,23)/t15-/m1/s1. The van der Waals surface area contributed by atoms with E-state index in [1.807, 2.05) is 25.1 Å². The smallest absolute Gasteiger partial charge is 0.258 e. The van der Waals surface area contributed by atoms with E-state index in [1.165, 1.54) is 12.5 Å². The van der Waals surface area contributed by atoms with Crippen LogP contribution in [0.2, 0.25) is 0 Å². The Morgan fingerprint density at radius 1 is 1.04 bits per heavy atom. The lowest BCUT2D eigenvalue weighted by Gasteiger charge is -2.14. The molecule has 0 aliphatic carbocycles. The molecule has 1 atom stereocenters. The van der Waals surface area contributed by atoms with E-state index in [4.69, 9.17) is 4.74 Å². The summed E-state index contributed by atoms with van der Waals surface area (Å²) in [6.45, 7) is 3.41. The lowest BCUT2D eigenvalue weighted by Crippen LogP contribution is -2.36. The normalized spacial score (nSPS) is 11.4. The number of amides is 2. The van der Waals surface area contributed by atoms with Crippen LogP contribution < -0.4 is 15.4 Å². The van der Waals surface area contributed by atoms with E-state index < -0.39 is 0 Å². The molecule has 0 saturated heterocycles. The fourth-order valence-electron chi connectivity index (χ4n) is 2.40. The molecule has 0 radical (unpaired) electrons. The zero-order chi connectivity index (χ0) is 18.1. The van der Waals surface area contributed by atoms with E-state index in [-0.39, 0.29) is 24.5 Å². The Balaban J connectivity index is 1.70. The minimum absolute atomic E-state index is 0.0326. The Labute approximate surface area is 148 Å². The minimum Gasteiger partial charge on any atom is -0.484 e. The maximum atomic E-state index is 12.0. The number of anilines is 1. The van der Waals surface area contributed by atoms with Gasteiger partial charge in [-0.15, -0.1) is 0 Å². The fourth-order valence-corrected chi connectivity index (χ4v) is 2.40. The second-order valence-corrected chi connectivity index (χ2v) is 5.99. The number of hydrogen-bond donors (Lipinski definition) is 2. The van der Waals surface area contributed by atoms with Crippen molar-refractivity contribution in [2.45, 2.75) is 32.7 Å². The molecule has 0 aliphatic heterocycles. The summed E-state index contributed by atoms with van der Waals surface area (Å²) >= 11 is 0. The van der Waals surface area contributed by atoms with Gasteiger partial charge in [0.1, 0.15) is 5.75 Å². The Kier molecular flexibility index (Phi) is 7.01. The zero-order valence-corrected chi connectivity index (χ0v) is 14.6. The van der Waals surface area contributed by atoms with Crippen molar-refractivity contribution >= 4 is 17.5 Å². The molecular formula is C20H24N2O3. The van der Waals surface area contributed by atoms with Crippen LogP contribution in [-0.2, 0) is 16.0 Å². The zero-order valence-electron chi connectivity index (χ0n) is 14.6. The number of carbonyl (C=O) groups is 2. The molecule has 2 N–H and O–H groups in total. The van der Waals surface area contributed by atoms with E-state index in [9.17, 15) is 9.59 Å². The largest absolute Gasteiger partial charge is 0.484 e. The summed E-state index contributed by atoms with van der Waals surface area (Å²) in [4.78, 5) is 22.9. The monoisotopic (exact) mass is 340 g/mol. The molecule has 0 saturated carbocycles. The Bertz CT molecular complexity index is 684. The quantitative estimate of drug-likeness (QED) is 0.776.